The Labute approximate surface area is 124 Å². The Morgan fingerprint density at radius 1 is 1.52 bits per heavy atom. The van der Waals surface area contributed by atoms with Crippen LogP contribution in [0.5, 0.6) is 0 Å². The summed E-state index contributed by atoms with van der Waals surface area (Å²) in [6, 6.07) is 2.26. The second-order valence-electron chi connectivity index (χ2n) is 5.79. The molecule has 0 amide bonds. The fourth-order valence-electron chi connectivity index (χ4n) is 2.98. The van der Waals surface area contributed by atoms with Crippen molar-refractivity contribution >= 4 is 5.78 Å². The number of nitrogens with one attached hydrogen (secondary N) is 1. The van der Waals surface area contributed by atoms with Gasteiger partial charge in [-0.2, -0.15) is 5.10 Å². The number of Topliss-reactive ketones (excluding diaryl/α,β-unsaturated/α-hetero) is 1. The van der Waals surface area contributed by atoms with E-state index in [9.17, 15) is 4.79 Å². The summed E-state index contributed by atoms with van der Waals surface area (Å²) >= 11 is 0. The molecule has 0 bridgehead atoms. The average Bonchev–Trinajstić information content (AvgIpc) is 3.11. The van der Waals surface area contributed by atoms with E-state index < -0.39 is 0 Å². The molecule has 6 nitrogen and oxygen atoms in total. The van der Waals surface area contributed by atoms with Crippen LogP contribution < -0.4 is 0 Å². The molecule has 112 valence electrons. The maximum Gasteiger partial charge on any atom is 0.167 e. The number of hydrogen-bond acceptors (Lipinski definition) is 4. The highest BCUT2D eigenvalue weighted by atomic mass is 16.1. The van der Waals surface area contributed by atoms with Crippen molar-refractivity contribution in [1.29, 1.82) is 0 Å². The lowest BCUT2D eigenvalue weighted by Crippen LogP contribution is -2.24. The lowest BCUT2D eigenvalue weighted by molar-refractivity contribution is 0.101. The smallest absolute Gasteiger partial charge is 0.167 e. The average molecular weight is 287 g/mol. The van der Waals surface area contributed by atoms with Crippen LogP contribution in [-0.4, -0.2) is 37.0 Å². The minimum atomic E-state index is 0.111. The molecule has 1 atom stereocenters. The summed E-state index contributed by atoms with van der Waals surface area (Å²) in [4.78, 5) is 18.3. The summed E-state index contributed by atoms with van der Waals surface area (Å²) in [5.74, 6) is 1.85. The number of aromatic nitrogens is 4. The van der Waals surface area contributed by atoms with E-state index in [2.05, 4.69) is 20.1 Å². The highest BCUT2D eigenvalue weighted by molar-refractivity contribution is 5.94. The zero-order valence-corrected chi connectivity index (χ0v) is 12.8. The number of hydrogen-bond donors (Lipinski definition) is 1. The number of ketones is 1. The molecular weight excluding hydrogens is 266 g/mol. The predicted molar refractivity (Wildman–Crippen MR) is 78.9 cm³/mol. The molecule has 1 saturated heterocycles. The van der Waals surface area contributed by atoms with Gasteiger partial charge in [-0.15, -0.1) is 0 Å². The number of aromatic amines is 1. The van der Waals surface area contributed by atoms with Gasteiger partial charge < -0.3 is 4.57 Å². The molecule has 0 unspecified atom stereocenters. The van der Waals surface area contributed by atoms with Gasteiger partial charge >= 0.3 is 0 Å². The standard InChI is InChI=1S/C15H21N5O/c1-10(21)12-7-13(19(3)8-12)9-20-6-4-5-14(20)15-16-11(2)17-18-15/h7-8,14H,4-6,9H2,1-3H3,(H,16,17,18)/t14-/m1/s1. The van der Waals surface area contributed by atoms with Crippen molar-refractivity contribution in [2.24, 2.45) is 7.05 Å². The Kier molecular flexibility index (Phi) is 3.63. The van der Waals surface area contributed by atoms with Crippen LogP contribution in [0.4, 0.5) is 0 Å². The fourth-order valence-corrected chi connectivity index (χ4v) is 2.98. The molecule has 21 heavy (non-hydrogen) atoms. The summed E-state index contributed by atoms with van der Waals surface area (Å²) in [6.45, 7) is 5.39. The Hall–Kier alpha value is -1.95. The largest absolute Gasteiger partial charge is 0.353 e. The quantitative estimate of drug-likeness (QED) is 0.873. The van der Waals surface area contributed by atoms with Gasteiger partial charge in [0.05, 0.1) is 6.04 Å². The highest BCUT2D eigenvalue weighted by Gasteiger charge is 2.29. The van der Waals surface area contributed by atoms with Crippen LogP contribution in [-0.2, 0) is 13.6 Å². The van der Waals surface area contributed by atoms with Gasteiger partial charge in [0, 0.05) is 31.0 Å². The van der Waals surface area contributed by atoms with Crippen LogP contribution in [0, 0.1) is 6.92 Å². The van der Waals surface area contributed by atoms with Crippen molar-refractivity contribution in [2.75, 3.05) is 6.54 Å². The highest BCUT2D eigenvalue weighted by Crippen LogP contribution is 2.31. The first-order valence-electron chi connectivity index (χ1n) is 7.33. The number of aryl methyl sites for hydroxylation is 2. The number of nitrogens with zero attached hydrogens (tertiary/aromatic N) is 4. The van der Waals surface area contributed by atoms with Gasteiger partial charge in [-0.25, -0.2) is 4.98 Å². The molecule has 6 heteroatoms. The molecule has 0 radical (unpaired) electrons. The lowest BCUT2D eigenvalue weighted by atomic mass is 10.2. The third-order valence-corrected chi connectivity index (χ3v) is 4.16. The van der Waals surface area contributed by atoms with Crippen molar-refractivity contribution in [3.05, 3.63) is 35.2 Å². The third kappa shape index (κ3) is 2.76. The van der Waals surface area contributed by atoms with E-state index >= 15 is 0 Å². The normalized spacial score (nSPS) is 19.3. The van der Waals surface area contributed by atoms with Gasteiger partial charge in [0.1, 0.15) is 5.82 Å². The molecule has 2 aromatic heterocycles. The van der Waals surface area contributed by atoms with Crippen molar-refractivity contribution in [2.45, 2.75) is 39.3 Å². The van der Waals surface area contributed by atoms with E-state index in [0.717, 1.165) is 48.8 Å². The zero-order chi connectivity index (χ0) is 15.0. The van der Waals surface area contributed by atoms with E-state index in [1.54, 1.807) is 6.92 Å². The molecule has 0 saturated carbocycles. The second-order valence-corrected chi connectivity index (χ2v) is 5.79. The van der Waals surface area contributed by atoms with Gasteiger partial charge in [-0.3, -0.25) is 14.8 Å². The molecule has 0 aromatic carbocycles. The maximum absolute atomic E-state index is 11.5. The first kappa shape index (κ1) is 14.0. The van der Waals surface area contributed by atoms with Gasteiger partial charge in [0.25, 0.3) is 0 Å². The van der Waals surface area contributed by atoms with Crippen LogP contribution >= 0.6 is 0 Å². The predicted octanol–water partition coefficient (Wildman–Crippen LogP) is 1.99. The summed E-state index contributed by atoms with van der Waals surface area (Å²) < 4.78 is 2.04. The molecule has 2 aromatic rings. The Balaban J connectivity index is 1.79. The molecule has 1 aliphatic rings. The zero-order valence-electron chi connectivity index (χ0n) is 12.8. The van der Waals surface area contributed by atoms with Crippen molar-refractivity contribution in [3.63, 3.8) is 0 Å². The van der Waals surface area contributed by atoms with Crippen LogP contribution in [0.2, 0.25) is 0 Å². The summed E-state index contributed by atoms with van der Waals surface area (Å²) in [5.41, 5.74) is 1.93. The van der Waals surface area contributed by atoms with Crippen LogP contribution in [0.15, 0.2) is 12.3 Å². The van der Waals surface area contributed by atoms with Crippen LogP contribution in [0.25, 0.3) is 0 Å². The van der Waals surface area contributed by atoms with Crippen LogP contribution in [0.1, 0.15) is 53.5 Å². The minimum Gasteiger partial charge on any atom is -0.353 e. The molecular formula is C15H21N5O. The Morgan fingerprint density at radius 2 is 2.33 bits per heavy atom. The first-order chi connectivity index (χ1) is 10.0. The number of rotatable bonds is 4. The summed E-state index contributed by atoms with van der Waals surface area (Å²) in [7, 11) is 1.99. The SMILES string of the molecule is CC(=O)c1cc(CN2CCC[C@@H]2c2n[nH]c(C)n2)n(C)c1. The maximum atomic E-state index is 11.5. The summed E-state index contributed by atoms with van der Waals surface area (Å²) in [5, 5.41) is 7.23. The minimum absolute atomic E-state index is 0.111. The van der Waals surface area contributed by atoms with Gasteiger partial charge in [0.2, 0.25) is 0 Å². The molecule has 3 heterocycles. The molecule has 3 rings (SSSR count). The molecule has 1 fully saturated rings. The van der Waals surface area contributed by atoms with Gasteiger partial charge in [-0.1, -0.05) is 0 Å². The van der Waals surface area contributed by atoms with Gasteiger partial charge in [0.15, 0.2) is 11.6 Å². The van der Waals surface area contributed by atoms with Crippen LogP contribution in [0.3, 0.4) is 0 Å². The molecule has 1 N–H and O–H groups in total. The molecule has 0 aliphatic carbocycles. The van der Waals surface area contributed by atoms with E-state index in [0.29, 0.717) is 0 Å². The van der Waals surface area contributed by atoms with Crippen molar-refractivity contribution in [3.8, 4) is 0 Å². The first-order valence-corrected chi connectivity index (χ1v) is 7.33. The summed E-state index contributed by atoms with van der Waals surface area (Å²) in [6.07, 6.45) is 4.14. The topological polar surface area (TPSA) is 66.8 Å². The molecule has 1 aliphatic heterocycles. The monoisotopic (exact) mass is 287 g/mol. The van der Waals surface area contributed by atoms with Gasteiger partial charge in [-0.05, 0) is 39.3 Å². The lowest BCUT2D eigenvalue weighted by Gasteiger charge is -2.22. The van der Waals surface area contributed by atoms with E-state index in [1.165, 1.54) is 0 Å². The second kappa shape index (κ2) is 5.44. The third-order valence-electron chi connectivity index (χ3n) is 4.16. The molecule has 0 spiro atoms. The van der Waals surface area contributed by atoms with E-state index in [4.69, 9.17) is 0 Å². The fraction of sp³-hybridized carbons (Fsp3) is 0.533. The van der Waals surface area contributed by atoms with E-state index in [-0.39, 0.29) is 11.8 Å². The van der Waals surface area contributed by atoms with E-state index in [1.807, 2.05) is 30.8 Å². The number of carbonyl (C=O) groups excluding carboxylic acids is 1. The Bertz CT molecular complexity index is 657. The van der Waals surface area contributed by atoms with Crippen molar-refractivity contribution in [1.82, 2.24) is 24.6 Å². The number of carbonyl (C=O) groups is 1. The van der Waals surface area contributed by atoms with Crippen molar-refractivity contribution < 1.29 is 4.79 Å². The number of likely N-dealkylation sites (tertiary alicyclic amines) is 1. The number of H-pyrrole nitrogens is 1. The Morgan fingerprint density at radius 3 is 2.95 bits per heavy atom.